The molecule has 1 aromatic carbocycles. The first-order valence-corrected chi connectivity index (χ1v) is 12.6. The Labute approximate surface area is 166 Å². The van der Waals surface area contributed by atoms with Gasteiger partial charge in [-0.25, -0.2) is 16.8 Å². The maximum atomic E-state index is 13.2. The molecule has 2 saturated heterocycles. The summed E-state index contributed by atoms with van der Waals surface area (Å²) in [7, 11) is -7.06. The molecule has 0 aliphatic carbocycles. The molecule has 1 aromatic rings. The standard InChI is InChI=1S/C18H25N3O5S2/c19-14-16-2-4-18(5-3-16)28(24,25)21(17-6-13-27(22,23)15-17)8-1-7-20-9-11-26-12-10-20/h2-5,17H,1,6-13,15H2. The lowest BCUT2D eigenvalue weighted by atomic mass is 10.2. The van der Waals surface area contributed by atoms with Gasteiger partial charge in [-0.15, -0.1) is 0 Å². The van der Waals surface area contributed by atoms with Crippen molar-refractivity contribution < 1.29 is 21.6 Å². The van der Waals surface area contributed by atoms with E-state index in [9.17, 15) is 16.8 Å². The molecule has 2 fully saturated rings. The first-order valence-electron chi connectivity index (χ1n) is 9.34. The summed E-state index contributed by atoms with van der Waals surface area (Å²) in [4.78, 5) is 2.31. The van der Waals surface area contributed by atoms with Crippen LogP contribution in [0, 0.1) is 11.3 Å². The Hall–Kier alpha value is -1.51. The monoisotopic (exact) mass is 427 g/mol. The van der Waals surface area contributed by atoms with E-state index in [1.165, 1.54) is 28.6 Å². The normalized spacial score (nSPS) is 22.9. The maximum absolute atomic E-state index is 13.2. The Balaban J connectivity index is 1.77. The van der Waals surface area contributed by atoms with Crippen molar-refractivity contribution in [3.8, 4) is 6.07 Å². The highest BCUT2D eigenvalue weighted by Crippen LogP contribution is 2.25. The van der Waals surface area contributed by atoms with Crippen LogP contribution in [0.1, 0.15) is 18.4 Å². The van der Waals surface area contributed by atoms with E-state index < -0.39 is 25.9 Å². The summed E-state index contributed by atoms with van der Waals surface area (Å²) in [5.74, 6) is -0.124. The van der Waals surface area contributed by atoms with Crippen LogP contribution >= 0.6 is 0 Å². The number of hydrogen-bond acceptors (Lipinski definition) is 7. The Bertz CT molecular complexity index is 917. The summed E-state index contributed by atoms with van der Waals surface area (Å²) in [5.41, 5.74) is 0.376. The predicted octanol–water partition coefficient (Wildman–Crippen LogP) is 0.458. The molecule has 3 rings (SSSR count). The van der Waals surface area contributed by atoms with Crippen molar-refractivity contribution in [3.63, 3.8) is 0 Å². The molecular formula is C18H25N3O5S2. The van der Waals surface area contributed by atoms with Crippen molar-refractivity contribution in [2.24, 2.45) is 0 Å². The molecule has 154 valence electrons. The highest BCUT2D eigenvalue weighted by atomic mass is 32.2. The third kappa shape index (κ3) is 5.10. The number of nitrogens with zero attached hydrogens (tertiary/aromatic N) is 3. The van der Waals surface area contributed by atoms with Crippen LogP contribution in [0.5, 0.6) is 0 Å². The molecule has 0 aromatic heterocycles. The minimum atomic E-state index is -3.85. The summed E-state index contributed by atoms with van der Waals surface area (Å²) in [6.07, 6.45) is 0.932. The minimum absolute atomic E-state index is 0.0144. The molecule has 0 N–H and O–H groups in total. The molecule has 28 heavy (non-hydrogen) atoms. The fourth-order valence-corrected chi connectivity index (χ4v) is 7.13. The lowest BCUT2D eigenvalue weighted by Gasteiger charge is -2.30. The van der Waals surface area contributed by atoms with Crippen LogP contribution in [0.15, 0.2) is 29.2 Å². The van der Waals surface area contributed by atoms with Gasteiger partial charge in [0.05, 0.1) is 41.2 Å². The van der Waals surface area contributed by atoms with Gasteiger partial charge < -0.3 is 4.74 Å². The average molecular weight is 428 g/mol. The van der Waals surface area contributed by atoms with Crippen LogP contribution in [0.3, 0.4) is 0 Å². The van der Waals surface area contributed by atoms with Crippen LogP contribution in [-0.2, 0) is 24.6 Å². The van der Waals surface area contributed by atoms with E-state index in [1.54, 1.807) is 0 Å². The Morgan fingerprint density at radius 2 is 1.89 bits per heavy atom. The molecule has 0 radical (unpaired) electrons. The molecule has 1 unspecified atom stereocenters. The Morgan fingerprint density at radius 3 is 2.46 bits per heavy atom. The van der Waals surface area contributed by atoms with Crippen molar-refractivity contribution in [2.75, 3.05) is 50.9 Å². The smallest absolute Gasteiger partial charge is 0.243 e. The fraction of sp³-hybridized carbons (Fsp3) is 0.611. The number of nitriles is 1. The predicted molar refractivity (Wildman–Crippen MR) is 104 cm³/mol. The lowest BCUT2D eigenvalue weighted by Crippen LogP contribution is -2.43. The zero-order chi connectivity index (χ0) is 20.2. The molecule has 0 bridgehead atoms. The van der Waals surface area contributed by atoms with Gasteiger partial charge in [0, 0.05) is 25.7 Å². The third-order valence-electron chi connectivity index (χ3n) is 5.16. The topological polar surface area (TPSA) is 108 Å². The second-order valence-electron chi connectivity index (χ2n) is 7.12. The van der Waals surface area contributed by atoms with E-state index in [0.717, 1.165) is 19.6 Å². The van der Waals surface area contributed by atoms with Gasteiger partial charge in [0.15, 0.2) is 9.84 Å². The molecule has 1 atom stereocenters. The number of hydrogen-bond donors (Lipinski definition) is 0. The molecule has 0 saturated carbocycles. The summed E-state index contributed by atoms with van der Waals surface area (Å²) in [6.45, 7) is 3.99. The van der Waals surface area contributed by atoms with Crippen molar-refractivity contribution in [1.29, 1.82) is 5.26 Å². The van der Waals surface area contributed by atoms with Crippen LogP contribution in [0.25, 0.3) is 0 Å². The van der Waals surface area contributed by atoms with E-state index in [4.69, 9.17) is 10.00 Å². The number of rotatable bonds is 7. The van der Waals surface area contributed by atoms with E-state index in [1.807, 2.05) is 6.07 Å². The Morgan fingerprint density at radius 1 is 1.21 bits per heavy atom. The van der Waals surface area contributed by atoms with Gasteiger partial charge in [-0.2, -0.15) is 9.57 Å². The quantitative estimate of drug-likeness (QED) is 0.622. The van der Waals surface area contributed by atoms with Crippen molar-refractivity contribution in [2.45, 2.75) is 23.8 Å². The largest absolute Gasteiger partial charge is 0.379 e. The number of ether oxygens (including phenoxy) is 1. The molecular weight excluding hydrogens is 402 g/mol. The maximum Gasteiger partial charge on any atom is 0.243 e. The highest BCUT2D eigenvalue weighted by molar-refractivity contribution is 7.92. The number of morpholine rings is 1. The molecule has 8 nitrogen and oxygen atoms in total. The minimum Gasteiger partial charge on any atom is -0.379 e. The zero-order valence-electron chi connectivity index (χ0n) is 15.7. The van der Waals surface area contributed by atoms with Crippen molar-refractivity contribution in [1.82, 2.24) is 9.21 Å². The third-order valence-corrected chi connectivity index (χ3v) is 8.88. The zero-order valence-corrected chi connectivity index (χ0v) is 17.3. The lowest BCUT2D eigenvalue weighted by molar-refractivity contribution is 0.0367. The van der Waals surface area contributed by atoms with Crippen LogP contribution in [-0.4, -0.2) is 83.0 Å². The van der Waals surface area contributed by atoms with E-state index in [2.05, 4.69) is 4.90 Å². The molecule has 2 aliphatic heterocycles. The second-order valence-corrected chi connectivity index (χ2v) is 11.2. The summed E-state index contributed by atoms with van der Waals surface area (Å²) in [6, 6.07) is 7.16. The molecule has 10 heteroatoms. The molecule has 0 spiro atoms. The Kier molecular flexibility index (Phi) is 6.73. The molecule has 0 amide bonds. The van der Waals surface area contributed by atoms with E-state index in [0.29, 0.717) is 31.6 Å². The molecule has 2 heterocycles. The van der Waals surface area contributed by atoms with Crippen molar-refractivity contribution >= 4 is 19.9 Å². The fourth-order valence-electron chi connectivity index (χ4n) is 3.61. The van der Waals surface area contributed by atoms with Crippen LogP contribution in [0.4, 0.5) is 0 Å². The first kappa shape index (κ1) is 21.2. The van der Waals surface area contributed by atoms with E-state index in [-0.39, 0.29) is 22.9 Å². The van der Waals surface area contributed by atoms with Crippen molar-refractivity contribution in [3.05, 3.63) is 29.8 Å². The van der Waals surface area contributed by atoms with Gasteiger partial charge in [0.25, 0.3) is 0 Å². The summed E-state index contributed by atoms with van der Waals surface area (Å²) >= 11 is 0. The highest BCUT2D eigenvalue weighted by Gasteiger charge is 2.38. The second kappa shape index (κ2) is 8.88. The molecule has 2 aliphatic rings. The summed E-state index contributed by atoms with van der Waals surface area (Å²) in [5, 5.41) is 8.92. The van der Waals surface area contributed by atoms with Gasteiger partial charge in [0.1, 0.15) is 0 Å². The van der Waals surface area contributed by atoms with Gasteiger partial charge >= 0.3 is 0 Å². The van der Waals surface area contributed by atoms with E-state index >= 15 is 0 Å². The van der Waals surface area contributed by atoms with Gasteiger partial charge in [-0.3, -0.25) is 4.90 Å². The van der Waals surface area contributed by atoms with Gasteiger partial charge in [-0.05, 0) is 43.7 Å². The number of sulfone groups is 1. The van der Waals surface area contributed by atoms with Gasteiger partial charge in [-0.1, -0.05) is 0 Å². The number of benzene rings is 1. The van der Waals surface area contributed by atoms with Crippen LogP contribution in [0.2, 0.25) is 0 Å². The number of sulfonamides is 1. The SMILES string of the molecule is N#Cc1ccc(S(=O)(=O)N(CCCN2CCOCC2)C2CCS(=O)(=O)C2)cc1. The first-order chi connectivity index (χ1) is 13.3. The van der Waals surface area contributed by atoms with Gasteiger partial charge in [0.2, 0.25) is 10.0 Å². The summed E-state index contributed by atoms with van der Waals surface area (Å²) < 4.78 is 57.0. The van der Waals surface area contributed by atoms with Crippen LogP contribution < -0.4 is 0 Å². The average Bonchev–Trinajstić information content (AvgIpc) is 3.05.